The number of nitrogens with zero attached hydrogens (tertiary/aromatic N) is 1. The van der Waals surface area contributed by atoms with Crippen LogP contribution in [-0.2, 0) is 33.3 Å². The van der Waals surface area contributed by atoms with Crippen molar-refractivity contribution in [1.82, 2.24) is 0 Å². The second kappa shape index (κ2) is 70.5. The number of likely N-dealkylation sites (N-methyl/N-ethyl adjacent to an activating group) is 1. The molecule has 2 atom stereocenters. The molecule has 9 nitrogen and oxygen atoms in total. The third-order valence-electron chi connectivity index (χ3n) is 15.0. The first-order valence-electron chi connectivity index (χ1n) is 36.3. The molecule has 0 bridgehead atoms. The van der Waals surface area contributed by atoms with E-state index in [2.05, 4.69) is 184 Å². The lowest BCUT2D eigenvalue weighted by molar-refractivity contribution is -0.870. The van der Waals surface area contributed by atoms with E-state index in [0.717, 1.165) is 148 Å². The fourth-order valence-corrected chi connectivity index (χ4v) is 9.50. The number of quaternary nitrogens is 1. The summed E-state index contributed by atoms with van der Waals surface area (Å²) >= 11 is 0. The van der Waals surface area contributed by atoms with Crippen molar-refractivity contribution in [3.8, 4) is 0 Å². The van der Waals surface area contributed by atoms with Gasteiger partial charge in [-0.25, -0.2) is 4.79 Å². The Labute approximate surface area is 558 Å². The summed E-state index contributed by atoms with van der Waals surface area (Å²) in [7, 11) is 5.96. The number of rotatable bonds is 65. The minimum atomic E-state index is -1.53. The number of aliphatic carboxylic acids is 1. The highest BCUT2D eigenvalue weighted by atomic mass is 16.7. The van der Waals surface area contributed by atoms with Crippen LogP contribution in [0.2, 0.25) is 0 Å². The van der Waals surface area contributed by atoms with Gasteiger partial charge in [0.25, 0.3) is 6.29 Å². The summed E-state index contributed by atoms with van der Waals surface area (Å²) in [4.78, 5) is 37.7. The Kier molecular flexibility index (Phi) is 66.4. The Hall–Kier alpha value is -5.35. The Morgan fingerprint density at radius 1 is 0.330 bits per heavy atom. The van der Waals surface area contributed by atoms with E-state index in [0.29, 0.717) is 17.4 Å². The Balaban J connectivity index is 4.17. The summed E-state index contributed by atoms with van der Waals surface area (Å²) in [6.07, 6.45) is 103. The molecule has 0 radical (unpaired) electrons. The third-order valence-corrected chi connectivity index (χ3v) is 15.0. The molecule has 0 heterocycles. The molecule has 0 saturated heterocycles. The number of carbonyl (C=O) groups is 3. The van der Waals surface area contributed by atoms with Gasteiger partial charge in [-0.15, -0.1) is 0 Å². The van der Waals surface area contributed by atoms with Crippen molar-refractivity contribution >= 4 is 17.9 Å². The number of allylic oxidation sites excluding steroid dienone is 28. The van der Waals surface area contributed by atoms with Crippen LogP contribution in [0, 0.1) is 0 Å². The summed E-state index contributed by atoms with van der Waals surface area (Å²) in [5, 5.41) is 9.76. The number of ether oxygens (including phenoxy) is 4. The van der Waals surface area contributed by atoms with E-state index in [4.69, 9.17) is 18.9 Å². The van der Waals surface area contributed by atoms with E-state index < -0.39 is 24.3 Å². The van der Waals surface area contributed by atoms with Gasteiger partial charge in [-0.1, -0.05) is 300 Å². The second-order valence-electron chi connectivity index (χ2n) is 24.8. The van der Waals surface area contributed by atoms with E-state index >= 15 is 0 Å². The first-order valence-corrected chi connectivity index (χ1v) is 36.3. The lowest BCUT2D eigenvalue weighted by Gasteiger charge is -2.25. The van der Waals surface area contributed by atoms with Crippen LogP contribution in [0.4, 0.5) is 0 Å². The average Bonchev–Trinajstić information content (AvgIpc) is 3.65. The molecule has 91 heavy (non-hydrogen) atoms. The SMILES string of the molecule is CC/C=C\C/C=C\C/C=C\C/C=C\C/C=C\C/C=C\C/C=C\C/C=C\CCCCCCCCC(=O)OC(COC(=O)CCCCCCCCCCCCCCCCCC/C=C\C/C=C\C/C=C\C/C=C\C/C=C\C/C=C\CC)COC(OCC[N+](C)(C)C)C(=O)O. The van der Waals surface area contributed by atoms with Crippen LogP contribution >= 0.6 is 0 Å². The van der Waals surface area contributed by atoms with E-state index in [9.17, 15) is 19.5 Å². The highest BCUT2D eigenvalue weighted by molar-refractivity contribution is 5.71. The summed E-state index contributed by atoms with van der Waals surface area (Å²) in [5.41, 5.74) is 0. The monoisotopic (exact) mass is 1260 g/mol. The maximum Gasteiger partial charge on any atom is 0.361 e. The zero-order valence-electron chi connectivity index (χ0n) is 58.7. The third kappa shape index (κ3) is 71.9. The first kappa shape index (κ1) is 85.7. The van der Waals surface area contributed by atoms with Crippen LogP contribution in [0.3, 0.4) is 0 Å². The summed E-state index contributed by atoms with van der Waals surface area (Å²) in [6.45, 7) is 4.63. The molecule has 514 valence electrons. The van der Waals surface area contributed by atoms with Gasteiger partial charge >= 0.3 is 17.9 Å². The lowest BCUT2D eigenvalue weighted by Crippen LogP contribution is -2.40. The normalized spacial score (nSPS) is 13.7. The quantitative estimate of drug-likeness (QED) is 0.0211. The fraction of sp³-hybridized carbons (Fsp3) is 0.622. The number of hydrogen-bond acceptors (Lipinski definition) is 7. The van der Waals surface area contributed by atoms with Gasteiger partial charge in [0.2, 0.25) is 0 Å². The smallest absolute Gasteiger partial charge is 0.361 e. The van der Waals surface area contributed by atoms with Gasteiger partial charge in [0, 0.05) is 12.8 Å². The molecule has 0 saturated carbocycles. The van der Waals surface area contributed by atoms with Crippen molar-refractivity contribution in [3.63, 3.8) is 0 Å². The Bertz CT molecular complexity index is 2100. The molecule has 9 heteroatoms. The molecule has 0 aromatic rings. The van der Waals surface area contributed by atoms with Crippen LogP contribution in [0.25, 0.3) is 0 Å². The molecule has 0 aliphatic heterocycles. The molecular weight excluding hydrogens is 1130 g/mol. The zero-order valence-corrected chi connectivity index (χ0v) is 58.7. The van der Waals surface area contributed by atoms with Crippen LogP contribution in [0.5, 0.6) is 0 Å². The van der Waals surface area contributed by atoms with Crippen molar-refractivity contribution in [2.45, 2.75) is 283 Å². The van der Waals surface area contributed by atoms with E-state index in [1.165, 1.54) is 89.9 Å². The molecule has 0 aromatic carbocycles. The molecular formula is C82H134NO8+. The second-order valence-corrected chi connectivity index (χ2v) is 24.8. The average molecular weight is 1260 g/mol. The number of carboxylic acid groups (broad SMARTS) is 1. The van der Waals surface area contributed by atoms with Gasteiger partial charge < -0.3 is 28.5 Å². The lowest BCUT2D eigenvalue weighted by atomic mass is 10.0. The largest absolute Gasteiger partial charge is 0.477 e. The standard InChI is InChI=1S/C82H133NO8/c1-6-8-10-12-14-16-18-20-22-24-26-28-30-32-34-36-38-39-40-41-43-44-46-48-50-52-54-56-58-60-62-64-66-68-70-72-79(84)89-76-78(77-90-82(81(86)87)88-75-74-83(3,4)5)91-80(85)73-71-69-67-65-63-61-59-57-55-53-51-49-47-45-42-37-35-33-31-29-27-25-23-21-19-17-15-13-11-9-7-2/h8-11,14-17,20-23,26-29,32-35,38-39,42,45,49,51,55,57,78,82H,6-7,12-13,18-19,24-25,30-31,36-37,40-41,43-44,46-48,50,52-54,56,58-77H2,1-5H3/p+1/b10-8-,11-9-,16-14-,17-15-,22-20-,23-21-,28-26-,29-27-,34-32-,35-33-,39-38-,45-42-,51-49-,57-55-. The fourth-order valence-electron chi connectivity index (χ4n) is 9.50. The van der Waals surface area contributed by atoms with Crippen LogP contribution < -0.4 is 0 Å². The van der Waals surface area contributed by atoms with E-state index in [-0.39, 0.29) is 38.6 Å². The number of esters is 2. The predicted molar refractivity (Wildman–Crippen MR) is 391 cm³/mol. The number of carboxylic acids is 1. The molecule has 0 aliphatic rings. The van der Waals surface area contributed by atoms with Crippen molar-refractivity contribution < 1.29 is 42.9 Å². The van der Waals surface area contributed by atoms with Crippen LogP contribution in [0.15, 0.2) is 170 Å². The van der Waals surface area contributed by atoms with Gasteiger partial charge in [0.15, 0.2) is 6.10 Å². The van der Waals surface area contributed by atoms with Gasteiger partial charge in [-0.3, -0.25) is 9.59 Å². The molecule has 0 fully saturated rings. The van der Waals surface area contributed by atoms with E-state index in [1.54, 1.807) is 0 Å². The topological polar surface area (TPSA) is 108 Å². The molecule has 0 spiro atoms. The Morgan fingerprint density at radius 3 is 0.879 bits per heavy atom. The van der Waals surface area contributed by atoms with Crippen LogP contribution in [-0.4, -0.2) is 87.4 Å². The van der Waals surface area contributed by atoms with Gasteiger partial charge in [0.1, 0.15) is 13.2 Å². The minimum Gasteiger partial charge on any atom is -0.477 e. The summed E-state index contributed by atoms with van der Waals surface area (Å²) in [6, 6.07) is 0. The molecule has 0 amide bonds. The van der Waals surface area contributed by atoms with Crippen LogP contribution in [0.1, 0.15) is 271 Å². The van der Waals surface area contributed by atoms with E-state index in [1.807, 2.05) is 21.1 Å². The highest BCUT2D eigenvalue weighted by Crippen LogP contribution is 2.16. The van der Waals surface area contributed by atoms with Crippen molar-refractivity contribution in [3.05, 3.63) is 170 Å². The first-order chi connectivity index (χ1) is 44.6. The molecule has 0 rings (SSSR count). The molecule has 2 unspecified atom stereocenters. The van der Waals surface area contributed by atoms with Gasteiger partial charge in [-0.05, 0) is 128 Å². The van der Waals surface area contributed by atoms with Gasteiger partial charge in [-0.2, -0.15) is 0 Å². The predicted octanol–water partition coefficient (Wildman–Crippen LogP) is 23.0. The zero-order chi connectivity index (χ0) is 66.1. The number of carbonyl (C=O) groups excluding carboxylic acids is 2. The Morgan fingerprint density at radius 2 is 0.593 bits per heavy atom. The van der Waals surface area contributed by atoms with Crippen molar-refractivity contribution in [2.24, 2.45) is 0 Å². The maximum absolute atomic E-state index is 13.0. The molecule has 0 aliphatic carbocycles. The number of unbranched alkanes of at least 4 members (excludes halogenated alkanes) is 22. The minimum absolute atomic E-state index is 0.176. The van der Waals surface area contributed by atoms with Crippen molar-refractivity contribution in [2.75, 3.05) is 47.5 Å². The highest BCUT2D eigenvalue weighted by Gasteiger charge is 2.25. The molecule has 1 N–H and O–H groups in total. The summed E-state index contributed by atoms with van der Waals surface area (Å²) in [5.74, 6) is -2.03. The molecule has 0 aromatic heterocycles. The van der Waals surface area contributed by atoms with Gasteiger partial charge in [0.05, 0.1) is 34.4 Å². The number of hydrogen-bond donors (Lipinski definition) is 1. The maximum atomic E-state index is 13.0. The summed E-state index contributed by atoms with van der Waals surface area (Å²) < 4.78 is 23.0. The van der Waals surface area contributed by atoms with Crippen molar-refractivity contribution in [1.29, 1.82) is 0 Å².